The number of nitrogens with one attached hydrogen (secondary N) is 1. The molecule has 0 atom stereocenters. The van der Waals surface area contributed by atoms with Crippen molar-refractivity contribution in [3.05, 3.63) is 65.9 Å². The molecule has 0 aliphatic carbocycles. The summed E-state index contributed by atoms with van der Waals surface area (Å²) in [5.41, 5.74) is 3.48. The van der Waals surface area contributed by atoms with Crippen LogP contribution in [0.25, 0.3) is 23.0 Å². The van der Waals surface area contributed by atoms with Crippen molar-refractivity contribution in [2.75, 3.05) is 25.0 Å². The maximum Gasteiger partial charge on any atom is 0.573 e. The Balaban J connectivity index is 1.22. The summed E-state index contributed by atoms with van der Waals surface area (Å²) in [6, 6.07) is 14.6. The molecule has 1 aliphatic heterocycles. The van der Waals surface area contributed by atoms with Crippen molar-refractivity contribution < 1.29 is 27.2 Å². The van der Waals surface area contributed by atoms with Crippen molar-refractivity contribution in [1.82, 2.24) is 24.8 Å². The lowest BCUT2D eigenvalue weighted by Gasteiger charge is -2.14. The van der Waals surface area contributed by atoms with Gasteiger partial charge in [-0.25, -0.2) is 0 Å². The zero-order valence-corrected chi connectivity index (χ0v) is 21.2. The van der Waals surface area contributed by atoms with Gasteiger partial charge in [0.05, 0.1) is 6.54 Å². The van der Waals surface area contributed by atoms with Gasteiger partial charge in [0, 0.05) is 29.9 Å². The van der Waals surface area contributed by atoms with Gasteiger partial charge in [0.15, 0.2) is 5.69 Å². The van der Waals surface area contributed by atoms with E-state index in [4.69, 9.17) is 4.52 Å². The largest absolute Gasteiger partial charge is 0.573 e. The van der Waals surface area contributed by atoms with Crippen LogP contribution in [0.1, 0.15) is 30.5 Å². The number of amides is 1. The van der Waals surface area contributed by atoms with E-state index in [1.807, 2.05) is 37.3 Å². The molecule has 1 aliphatic rings. The maximum atomic E-state index is 12.4. The van der Waals surface area contributed by atoms with Gasteiger partial charge in [0.2, 0.25) is 11.7 Å². The van der Waals surface area contributed by atoms with Crippen LogP contribution in [0.3, 0.4) is 0 Å². The molecule has 9 nitrogen and oxygen atoms in total. The second-order valence-corrected chi connectivity index (χ2v) is 9.37. The molecular weight excluding hydrogens is 513 g/mol. The number of carbonyl (C=O) groups is 1. The monoisotopic (exact) mass is 540 g/mol. The molecule has 5 rings (SSSR count). The SMILES string of the molecule is Cc1cc(-c2nc(-c3ccc(OC(F)(F)F)cc3)no2)nn1Cc1cccc(NC(=O)CCN2CCCC2)c1. The van der Waals surface area contributed by atoms with Crippen LogP contribution in [-0.4, -0.2) is 56.7 Å². The zero-order valence-electron chi connectivity index (χ0n) is 21.2. The number of benzene rings is 2. The first kappa shape index (κ1) is 26.4. The van der Waals surface area contributed by atoms with Crippen LogP contribution in [0.4, 0.5) is 18.9 Å². The Bertz CT molecular complexity index is 1430. The molecule has 0 spiro atoms. The summed E-state index contributed by atoms with van der Waals surface area (Å²) < 4.78 is 48.2. The fourth-order valence-electron chi connectivity index (χ4n) is 4.43. The molecule has 1 N–H and O–H groups in total. The molecule has 0 radical (unpaired) electrons. The lowest BCUT2D eigenvalue weighted by molar-refractivity contribution is -0.274. The normalized spacial score (nSPS) is 14.1. The predicted molar refractivity (Wildman–Crippen MR) is 137 cm³/mol. The standard InChI is InChI=1S/C27H27F3N6O3/c1-18-15-23(26-32-25(34-39-26)20-7-9-22(10-8-20)38-27(28,29)30)33-36(18)17-19-5-4-6-21(16-19)31-24(37)11-14-35-12-2-3-13-35/h4-10,15-16H,2-3,11-14,17H2,1H3,(H,31,37). The Morgan fingerprint density at radius 1 is 1.10 bits per heavy atom. The second-order valence-electron chi connectivity index (χ2n) is 9.37. The van der Waals surface area contributed by atoms with E-state index in [0.29, 0.717) is 24.2 Å². The molecule has 0 saturated carbocycles. The van der Waals surface area contributed by atoms with Crippen molar-refractivity contribution in [3.8, 4) is 28.7 Å². The Morgan fingerprint density at radius 2 is 1.87 bits per heavy atom. The van der Waals surface area contributed by atoms with E-state index in [-0.39, 0.29) is 23.4 Å². The first-order valence-electron chi connectivity index (χ1n) is 12.6. The number of likely N-dealkylation sites (tertiary alicyclic amines) is 1. The van der Waals surface area contributed by atoms with Gasteiger partial charge in [0.1, 0.15) is 5.75 Å². The van der Waals surface area contributed by atoms with E-state index in [9.17, 15) is 18.0 Å². The van der Waals surface area contributed by atoms with E-state index >= 15 is 0 Å². The minimum absolute atomic E-state index is 0.00804. The van der Waals surface area contributed by atoms with Gasteiger partial charge in [-0.05, 0) is 80.9 Å². The molecule has 39 heavy (non-hydrogen) atoms. The summed E-state index contributed by atoms with van der Waals surface area (Å²) >= 11 is 0. The average molecular weight is 541 g/mol. The van der Waals surface area contributed by atoms with Crippen LogP contribution >= 0.6 is 0 Å². The van der Waals surface area contributed by atoms with E-state index in [1.54, 1.807) is 4.68 Å². The molecule has 1 saturated heterocycles. The van der Waals surface area contributed by atoms with Crippen LogP contribution < -0.4 is 10.1 Å². The smallest absolute Gasteiger partial charge is 0.406 e. The van der Waals surface area contributed by atoms with Crippen molar-refractivity contribution in [1.29, 1.82) is 0 Å². The fraction of sp³-hybridized carbons (Fsp3) is 0.333. The van der Waals surface area contributed by atoms with E-state index in [0.717, 1.165) is 36.6 Å². The maximum absolute atomic E-state index is 12.4. The van der Waals surface area contributed by atoms with Gasteiger partial charge in [-0.2, -0.15) is 10.1 Å². The van der Waals surface area contributed by atoms with Gasteiger partial charge >= 0.3 is 6.36 Å². The first-order chi connectivity index (χ1) is 18.7. The number of hydrogen-bond acceptors (Lipinski definition) is 7. The summed E-state index contributed by atoms with van der Waals surface area (Å²) in [5, 5.41) is 11.5. The van der Waals surface area contributed by atoms with Gasteiger partial charge in [0.25, 0.3) is 5.89 Å². The number of halogens is 3. The molecular formula is C27H27F3N6O3. The van der Waals surface area contributed by atoms with Gasteiger partial charge in [-0.1, -0.05) is 17.3 Å². The third-order valence-corrected chi connectivity index (χ3v) is 6.37. The summed E-state index contributed by atoms with van der Waals surface area (Å²) in [4.78, 5) is 19.1. The Kier molecular flexibility index (Phi) is 7.64. The number of ether oxygens (including phenoxy) is 1. The van der Waals surface area contributed by atoms with Crippen molar-refractivity contribution in [2.24, 2.45) is 0 Å². The zero-order chi connectivity index (χ0) is 27.4. The topological polar surface area (TPSA) is 98.3 Å². The van der Waals surface area contributed by atoms with Crippen molar-refractivity contribution >= 4 is 11.6 Å². The van der Waals surface area contributed by atoms with Crippen molar-refractivity contribution in [2.45, 2.75) is 39.1 Å². The molecule has 2 aromatic carbocycles. The quantitative estimate of drug-likeness (QED) is 0.308. The molecule has 0 unspecified atom stereocenters. The molecule has 12 heteroatoms. The molecule has 2 aromatic heterocycles. The molecule has 3 heterocycles. The minimum atomic E-state index is -4.76. The van der Waals surface area contributed by atoms with E-state index < -0.39 is 6.36 Å². The molecule has 4 aromatic rings. The first-order valence-corrected chi connectivity index (χ1v) is 12.6. The summed E-state index contributed by atoms with van der Waals surface area (Å²) in [7, 11) is 0. The highest BCUT2D eigenvalue weighted by atomic mass is 19.4. The molecule has 204 valence electrons. The van der Waals surface area contributed by atoms with Gasteiger partial charge in [-0.3, -0.25) is 9.48 Å². The lowest BCUT2D eigenvalue weighted by atomic mass is 10.2. The Morgan fingerprint density at radius 3 is 2.62 bits per heavy atom. The van der Waals surface area contributed by atoms with E-state index in [1.165, 1.54) is 37.1 Å². The second kappa shape index (κ2) is 11.3. The number of hydrogen-bond donors (Lipinski definition) is 1. The minimum Gasteiger partial charge on any atom is -0.406 e. The summed E-state index contributed by atoms with van der Waals surface area (Å²) in [6.45, 7) is 5.26. The number of carbonyl (C=O) groups excluding carboxylic acids is 1. The predicted octanol–water partition coefficient (Wildman–Crippen LogP) is 5.28. The van der Waals surface area contributed by atoms with Crippen LogP contribution in [0.2, 0.25) is 0 Å². The third kappa shape index (κ3) is 7.02. The molecule has 1 fully saturated rings. The van der Waals surface area contributed by atoms with Crippen molar-refractivity contribution in [3.63, 3.8) is 0 Å². The number of aromatic nitrogens is 4. The number of nitrogens with zero attached hydrogens (tertiary/aromatic N) is 5. The number of anilines is 1. The summed E-state index contributed by atoms with van der Waals surface area (Å²) in [5.74, 6) is 0.0480. The van der Waals surface area contributed by atoms with E-state index in [2.05, 4.69) is 30.2 Å². The highest BCUT2D eigenvalue weighted by Gasteiger charge is 2.31. The highest BCUT2D eigenvalue weighted by molar-refractivity contribution is 5.90. The van der Waals surface area contributed by atoms with Crippen LogP contribution in [0, 0.1) is 6.92 Å². The average Bonchev–Trinajstić information content (AvgIpc) is 3.65. The van der Waals surface area contributed by atoms with Gasteiger partial charge < -0.3 is 19.5 Å². The molecule has 0 bridgehead atoms. The fourth-order valence-corrected chi connectivity index (χ4v) is 4.43. The number of aryl methyl sites for hydroxylation is 1. The van der Waals surface area contributed by atoms with Gasteiger partial charge in [-0.15, -0.1) is 13.2 Å². The highest BCUT2D eigenvalue weighted by Crippen LogP contribution is 2.27. The third-order valence-electron chi connectivity index (χ3n) is 6.37. The number of alkyl halides is 3. The van der Waals surface area contributed by atoms with Crippen LogP contribution in [-0.2, 0) is 11.3 Å². The Labute approximate surface area is 222 Å². The van der Waals surface area contributed by atoms with Crippen LogP contribution in [0.15, 0.2) is 59.1 Å². The number of rotatable bonds is 9. The summed E-state index contributed by atoms with van der Waals surface area (Å²) in [6.07, 6.45) is -1.91. The lowest BCUT2D eigenvalue weighted by Crippen LogP contribution is -2.25. The molecule has 1 amide bonds. The van der Waals surface area contributed by atoms with Crippen LogP contribution in [0.5, 0.6) is 5.75 Å². The Hall–Kier alpha value is -4.19.